The smallest absolute Gasteiger partial charge is 0.307 e. The summed E-state index contributed by atoms with van der Waals surface area (Å²) in [6.45, 7) is 1.65. The minimum absolute atomic E-state index is 0.268. The van der Waals surface area contributed by atoms with Gasteiger partial charge in [-0.25, -0.2) is 0 Å². The largest absolute Gasteiger partial charge is 0.390 e. The van der Waals surface area contributed by atoms with Crippen LogP contribution in [0.5, 0.6) is 0 Å². The normalized spacial score (nSPS) is 20.7. The molecule has 1 heterocycles. The van der Waals surface area contributed by atoms with Crippen molar-refractivity contribution in [1.29, 1.82) is 0 Å². The zero-order chi connectivity index (χ0) is 16.7. The molecule has 0 N–H and O–H groups in total. The fraction of sp³-hybridized carbons (Fsp3) is 0.278. The molecule has 0 bridgehead atoms. The van der Waals surface area contributed by atoms with E-state index in [1.165, 1.54) is 11.8 Å². The molecule has 2 aromatic carbocycles. The first-order valence-corrected chi connectivity index (χ1v) is 7.33. The van der Waals surface area contributed by atoms with Crippen molar-refractivity contribution in [3.05, 3.63) is 65.7 Å². The lowest BCUT2D eigenvalue weighted by molar-refractivity contribution is -0.155. The van der Waals surface area contributed by atoms with Crippen molar-refractivity contribution in [1.82, 2.24) is 0 Å². The van der Waals surface area contributed by atoms with E-state index in [0.29, 0.717) is 11.3 Å². The third-order valence-electron chi connectivity index (χ3n) is 4.24. The third kappa shape index (κ3) is 2.83. The summed E-state index contributed by atoms with van der Waals surface area (Å²) in [5.41, 5.74) is 0.321. The minimum atomic E-state index is -4.40. The molecule has 0 spiro atoms. The zero-order valence-electron chi connectivity index (χ0n) is 12.6. The highest BCUT2D eigenvalue weighted by Crippen LogP contribution is 2.47. The van der Waals surface area contributed by atoms with Gasteiger partial charge in [0.2, 0.25) is 5.91 Å². The third-order valence-corrected chi connectivity index (χ3v) is 4.24. The second kappa shape index (κ2) is 5.41. The number of benzene rings is 2. The Bertz CT molecular complexity index is 727. The summed E-state index contributed by atoms with van der Waals surface area (Å²) in [5.74, 6) is -0.500. The van der Waals surface area contributed by atoms with Gasteiger partial charge in [-0.05, 0) is 24.1 Å². The summed E-state index contributed by atoms with van der Waals surface area (Å²) in [5, 5.41) is 0. The molecule has 5 heteroatoms. The van der Waals surface area contributed by atoms with Crippen LogP contribution in [0.3, 0.4) is 0 Å². The molecule has 0 saturated carbocycles. The second-order valence-electron chi connectivity index (χ2n) is 6.02. The topological polar surface area (TPSA) is 20.3 Å². The molecule has 1 aliphatic heterocycles. The summed E-state index contributed by atoms with van der Waals surface area (Å²) in [6, 6.07) is 16.0. The zero-order valence-corrected chi connectivity index (χ0v) is 12.6. The van der Waals surface area contributed by atoms with Crippen LogP contribution in [0.1, 0.15) is 24.5 Å². The number of carbonyl (C=O) groups is 1. The van der Waals surface area contributed by atoms with Crippen LogP contribution in [-0.2, 0) is 16.8 Å². The highest BCUT2D eigenvalue weighted by atomic mass is 19.4. The second-order valence-corrected chi connectivity index (χ2v) is 6.02. The van der Waals surface area contributed by atoms with Crippen molar-refractivity contribution in [2.75, 3.05) is 4.90 Å². The van der Waals surface area contributed by atoms with E-state index in [-0.39, 0.29) is 6.54 Å². The van der Waals surface area contributed by atoms with E-state index in [2.05, 4.69) is 0 Å². The van der Waals surface area contributed by atoms with Gasteiger partial charge in [-0.15, -0.1) is 0 Å². The Morgan fingerprint density at radius 3 is 2.26 bits per heavy atom. The number of rotatable bonds is 3. The summed E-state index contributed by atoms with van der Waals surface area (Å²) in [6.07, 6.45) is -5.55. The lowest BCUT2D eigenvalue weighted by Crippen LogP contribution is -2.40. The van der Waals surface area contributed by atoms with E-state index in [1.807, 2.05) is 30.3 Å². The number of hydrogen-bond acceptors (Lipinski definition) is 1. The predicted octanol–water partition coefficient (Wildman–Crippen LogP) is 4.44. The standard InChI is InChI=1S/C18H16F3NO/c1-17(12-18(19,20)21)14-9-5-6-10-15(14)22(16(17)23)11-13-7-3-2-4-8-13/h2-10H,11-12H2,1H3/t17-/m1/s1. The van der Waals surface area contributed by atoms with Crippen LogP contribution in [0.15, 0.2) is 54.6 Å². The van der Waals surface area contributed by atoms with Gasteiger partial charge in [-0.1, -0.05) is 48.5 Å². The van der Waals surface area contributed by atoms with E-state index in [4.69, 9.17) is 0 Å². The molecule has 1 atom stereocenters. The maximum atomic E-state index is 13.0. The van der Waals surface area contributed by atoms with Crippen LogP contribution in [-0.4, -0.2) is 12.1 Å². The highest BCUT2D eigenvalue weighted by molar-refractivity contribution is 6.07. The van der Waals surface area contributed by atoms with Crippen LogP contribution >= 0.6 is 0 Å². The SMILES string of the molecule is C[C@]1(CC(F)(F)F)C(=O)N(Cc2ccccc2)c2ccccc21. The molecule has 0 fully saturated rings. The Morgan fingerprint density at radius 2 is 1.61 bits per heavy atom. The van der Waals surface area contributed by atoms with Gasteiger partial charge in [0.25, 0.3) is 0 Å². The predicted molar refractivity (Wildman–Crippen MR) is 82.1 cm³/mol. The van der Waals surface area contributed by atoms with E-state index >= 15 is 0 Å². The van der Waals surface area contributed by atoms with Crippen molar-refractivity contribution in [3.63, 3.8) is 0 Å². The first-order valence-electron chi connectivity index (χ1n) is 7.33. The summed E-state index contributed by atoms with van der Waals surface area (Å²) >= 11 is 0. The van der Waals surface area contributed by atoms with E-state index in [9.17, 15) is 18.0 Å². The summed E-state index contributed by atoms with van der Waals surface area (Å²) in [7, 11) is 0. The van der Waals surface area contributed by atoms with Gasteiger partial charge in [0.15, 0.2) is 0 Å². The Morgan fingerprint density at radius 1 is 1.00 bits per heavy atom. The molecule has 2 nitrogen and oxygen atoms in total. The quantitative estimate of drug-likeness (QED) is 0.819. The first-order chi connectivity index (χ1) is 10.8. The monoisotopic (exact) mass is 319 g/mol. The fourth-order valence-electron chi connectivity index (χ4n) is 3.19. The molecule has 2 aromatic rings. The number of fused-ring (bicyclic) bond motifs is 1. The molecule has 0 radical (unpaired) electrons. The van der Waals surface area contributed by atoms with Crippen LogP contribution < -0.4 is 4.90 Å². The van der Waals surface area contributed by atoms with Gasteiger partial charge >= 0.3 is 6.18 Å². The molecule has 1 aliphatic rings. The maximum Gasteiger partial charge on any atom is 0.390 e. The van der Waals surface area contributed by atoms with Gasteiger partial charge in [0.05, 0.1) is 18.4 Å². The van der Waals surface area contributed by atoms with Crippen molar-refractivity contribution in [3.8, 4) is 0 Å². The average molecular weight is 319 g/mol. The van der Waals surface area contributed by atoms with Crippen LogP contribution in [0.4, 0.5) is 18.9 Å². The van der Waals surface area contributed by atoms with Gasteiger partial charge in [0, 0.05) is 5.69 Å². The maximum absolute atomic E-state index is 13.0. The molecule has 120 valence electrons. The van der Waals surface area contributed by atoms with Gasteiger partial charge in [-0.3, -0.25) is 4.79 Å². The molecule has 23 heavy (non-hydrogen) atoms. The van der Waals surface area contributed by atoms with Crippen LogP contribution in [0, 0.1) is 0 Å². The molecule has 3 rings (SSSR count). The Labute approximate surface area is 132 Å². The van der Waals surface area contributed by atoms with Crippen molar-refractivity contribution in [2.45, 2.75) is 31.5 Å². The molecule has 1 amide bonds. The Balaban J connectivity index is 2.02. The van der Waals surface area contributed by atoms with Gasteiger partial charge in [-0.2, -0.15) is 13.2 Å². The molecule has 0 aliphatic carbocycles. The Hall–Kier alpha value is -2.30. The number of halogens is 3. The summed E-state index contributed by atoms with van der Waals surface area (Å²) in [4.78, 5) is 14.2. The van der Waals surface area contributed by atoms with E-state index in [1.54, 1.807) is 24.3 Å². The molecule has 0 unspecified atom stereocenters. The van der Waals surface area contributed by atoms with Crippen molar-refractivity contribution >= 4 is 11.6 Å². The minimum Gasteiger partial charge on any atom is -0.307 e. The fourth-order valence-corrected chi connectivity index (χ4v) is 3.19. The van der Waals surface area contributed by atoms with Gasteiger partial charge in [0.1, 0.15) is 0 Å². The first kappa shape index (κ1) is 15.6. The van der Waals surface area contributed by atoms with Gasteiger partial charge < -0.3 is 4.90 Å². The number of amides is 1. The molecule has 0 aromatic heterocycles. The van der Waals surface area contributed by atoms with Crippen LogP contribution in [0.25, 0.3) is 0 Å². The molecular formula is C18H16F3NO. The number of carbonyl (C=O) groups excluding carboxylic acids is 1. The number of anilines is 1. The summed E-state index contributed by atoms with van der Waals surface area (Å²) < 4.78 is 39.0. The number of para-hydroxylation sites is 1. The van der Waals surface area contributed by atoms with Crippen LogP contribution in [0.2, 0.25) is 0 Å². The Kier molecular flexibility index (Phi) is 3.66. The van der Waals surface area contributed by atoms with Crippen molar-refractivity contribution in [2.24, 2.45) is 0 Å². The molecular weight excluding hydrogens is 303 g/mol. The lowest BCUT2D eigenvalue weighted by atomic mass is 9.80. The molecule has 0 saturated heterocycles. The highest BCUT2D eigenvalue weighted by Gasteiger charge is 2.52. The number of alkyl halides is 3. The average Bonchev–Trinajstić information content (AvgIpc) is 2.69. The lowest BCUT2D eigenvalue weighted by Gasteiger charge is -2.25. The van der Waals surface area contributed by atoms with Crippen molar-refractivity contribution < 1.29 is 18.0 Å². The number of nitrogens with zero attached hydrogens (tertiary/aromatic N) is 1. The van der Waals surface area contributed by atoms with E-state index < -0.39 is 23.9 Å². The number of hydrogen-bond donors (Lipinski definition) is 0. The van der Waals surface area contributed by atoms with E-state index in [0.717, 1.165) is 5.56 Å².